The van der Waals surface area contributed by atoms with Gasteiger partial charge >= 0.3 is 12.1 Å². The molecule has 0 radical (unpaired) electrons. The molecule has 0 saturated heterocycles. The van der Waals surface area contributed by atoms with Crippen LogP contribution in [0.15, 0.2) is 91.0 Å². The molecule has 0 heterocycles. The number of ether oxygens (including phenoxy) is 1. The molecule has 0 aliphatic heterocycles. The number of amides is 1. The first-order valence-electron chi connectivity index (χ1n) is 12.0. The number of aryl methyl sites for hydroxylation is 1. The maximum absolute atomic E-state index is 12.8. The van der Waals surface area contributed by atoms with Gasteiger partial charge in [-0.3, -0.25) is 4.79 Å². The molecule has 0 bridgehead atoms. The Hall–Kier alpha value is -3.90. The summed E-state index contributed by atoms with van der Waals surface area (Å²) in [5.74, 6) is -0.780. The zero-order valence-corrected chi connectivity index (χ0v) is 21.3. The first-order chi connectivity index (χ1) is 17.1. The number of nitrogens with zero attached hydrogens (tertiary/aromatic N) is 1. The summed E-state index contributed by atoms with van der Waals surface area (Å²) in [6.45, 7) is 6.03. The largest absolute Gasteiger partial charge is 0.481 e. The molecule has 36 heavy (non-hydrogen) atoms. The van der Waals surface area contributed by atoms with Gasteiger partial charge in [0.2, 0.25) is 0 Å². The van der Waals surface area contributed by atoms with Crippen molar-refractivity contribution in [1.82, 2.24) is 0 Å². The lowest BCUT2D eigenvalue weighted by Gasteiger charge is -2.22. The average molecular weight is 489 g/mol. The third-order valence-electron chi connectivity index (χ3n) is 4.63. The highest BCUT2D eigenvalue weighted by molar-refractivity contribution is 5.95. The van der Waals surface area contributed by atoms with Crippen molar-refractivity contribution in [3.63, 3.8) is 0 Å². The second kappa shape index (κ2) is 14.5. The number of carbonyl (C=O) groups is 2. The van der Waals surface area contributed by atoms with E-state index < -0.39 is 12.1 Å². The number of hydrogen-bond acceptors (Lipinski definition) is 4. The minimum atomic E-state index is -0.780. The fraction of sp³-hybridized carbons (Fsp3) is 0.267. The monoisotopic (exact) mass is 488 g/mol. The highest BCUT2D eigenvalue weighted by Gasteiger charge is 2.18. The van der Waals surface area contributed by atoms with E-state index in [2.05, 4.69) is 0 Å². The molecular weight excluding hydrogens is 452 g/mol. The number of rotatable bonds is 9. The smallest absolute Gasteiger partial charge is 0.419 e. The molecule has 3 N–H and O–H groups in total. The summed E-state index contributed by atoms with van der Waals surface area (Å²) in [6, 6.07) is 26.6. The lowest BCUT2D eigenvalue weighted by molar-refractivity contribution is -0.137. The average Bonchev–Trinajstić information content (AvgIpc) is 2.82. The zero-order valence-electron chi connectivity index (χ0n) is 21.3. The van der Waals surface area contributed by atoms with Gasteiger partial charge in [-0.05, 0) is 75.1 Å². The van der Waals surface area contributed by atoms with Crippen LogP contribution in [0, 0.1) is 0 Å². The van der Waals surface area contributed by atoms with Crippen molar-refractivity contribution in [2.24, 2.45) is 5.73 Å². The van der Waals surface area contributed by atoms with Crippen LogP contribution in [-0.4, -0.2) is 29.3 Å². The number of carboxylic acid groups (broad SMARTS) is 1. The van der Waals surface area contributed by atoms with Crippen molar-refractivity contribution in [3.05, 3.63) is 102 Å². The van der Waals surface area contributed by atoms with Gasteiger partial charge in [-0.2, -0.15) is 0 Å². The van der Waals surface area contributed by atoms with Gasteiger partial charge in [0.25, 0.3) is 0 Å². The fourth-order valence-electron chi connectivity index (χ4n) is 3.18. The SMILES string of the molecule is CC(C)(C)N.O=C(O)CCCc1cccc(/C=C\COC(=O)N(c2ccccc2)c2ccccc2)c1. The Morgan fingerprint density at radius 2 is 1.47 bits per heavy atom. The number of hydrogen-bond donors (Lipinski definition) is 2. The second-order valence-corrected chi connectivity index (χ2v) is 9.34. The molecule has 0 aliphatic rings. The summed E-state index contributed by atoms with van der Waals surface area (Å²) >= 11 is 0. The molecule has 0 aliphatic carbocycles. The van der Waals surface area contributed by atoms with Crippen LogP contribution in [0.3, 0.4) is 0 Å². The van der Waals surface area contributed by atoms with Crippen LogP contribution in [0.5, 0.6) is 0 Å². The number of para-hydroxylation sites is 2. The van der Waals surface area contributed by atoms with Gasteiger partial charge in [-0.25, -0.2) is 9.69 Å². The minimum Gasteiger partial charge on any atom is -0.481 e. The van der Waals surface area contributed by atoms with E-state index in [0.29, 0.717) is 12.8 Å². The van der Waals surface area contributed by atoms with E-state index in [4.69, 9.17) is 15.6 Å². The van der Waals surface area contributed by atoms with Crippen molar-refractivity contribution >= 4 is 29.5 Å². The molecule has 0 spiro atoms. The van der Waals surface area contributed by atoms with Crippen LogP contribution < -0.4 is 10.6 Å². The zero-order chi connectivity index (χ0) is 26.4. The number of carboxylic acids is 1. The molecule has 0 unspecified atom stereocenters. The van der Waals surface area contributed by atoms with Gasteiger partial charge in [-0.15, -0.1) is 0 Å². The third-order valence-corrected chi connectivity index (χ3v) is 4.63. The van der Waals surface area contributed by atoms with Gasteiger partial charge < -0.3 is 15.6 Å². The maximum atomic E-state index is 12.8. The molecule has 3 aromatic rings. The molecule has 6 heteroatoms. The molecule has 0 aromatic heterocycles. The van der Waals surface area contributed by atoms with Gasteiger partial charge in [0.1, 0.15) is 6.61 Å². The van der Waals surface area contributed by atoms with E-state index in [1.54, 1.807) is 6.08 Å². The van der Waals surface area contributed by atoms with Crippen molar-refractivity contribution in [2.45, 2.75) is 45.6 Å². The molecule has 0 saturated carbocycles. The lowest BCUT2D eigenvalue weighted by Crippen LogP contribution is -2.26. The fourth-order valence-corrected chi connectivity index (χ4v) is 3.18. The Bertz CT molecular complexity index is 1060. The molecule has 3 aromatic carbocycles. The van der Waals surface area contributed by atoms with Crippen molar-refractivity contribution in [2.75, 3.05) is 11.5 Å². The van der Waals surface area contributed by atoms with Gasteiger partial charge in [0.05, 0.1) is 11.4 Å². The molecule has 1 amide bonds. The summed E-state index contributed by atoms with van der Waals surface area (Å²) in [6.07, 6.45) is 4.71. The standard InChI is InChI=1S/C26H25NO4.C4H11N/c28-25(29)18-8-12-21-10-7-11-22(20-21)13-9-19-31-26(30)27(23-14-3-1-4-15-23)24-16-5-2-6-17-24;1-4(2,3)5/h1-7,9-11,13-17,20H,8,12,18-19H2,(H,28,29);5H2,1-3H3/b13-9-;. The van der Waals surface area contributed by atoms with E-state index in [0.717, 1.165) is 22.5 Å². The summed E-state index contributed by atoms with van der Waals surface area (Å²) < 4.78 is 5.49. The van der Waals surface area contributed by atoms with Gasteiger partial charge in [0.15, 0.2) is 0 Å². The summed E-state index contributed by atoms with van der Waals surface area (Å²) in [7, 11) is 0. The van der Waals surface area contributed by atoms with Crippen LogP contribution in [0.4, 0.5) is 16.2 Å². The predicted molar refractivity (Wildman–Crippen MR) is 146 cm³/mol. The van der Waals surface area contributed by atoms with Crippen molar-refractivity contribution in [3.8, 4) is 0 Å². The Morgan fingerprint density at radius 1 is 0.917 bits per heavy atom. The van der Waals surface area contributed by atoms with E-state index in [9.17, 15) is 9.59 Å². The molecule has 0 atom stereocenters. The van der Waals surface area contributed by atoms with Crippen LogP contribution in [0.2, 0.25) is 0 Å². The maximum Gasteiger partial charge on any atom is 0.419 e. The highest BCUT2D eigenvalue weighted by atomic mass is 16.6. The number of aliphatic carboxylic acids is 1. The van der Waals surface area contributed by atoms with Crippen LogP contribution >= 0.6 is 0 Å². The lowest BCUT2D eigenvalue weighted by atomic mass is 10.1. The second-order valence-electron chi connectivity index (χ2n) is 9.34. The Morgan fingerprint density at radius 3 is 2.00 bits per heavy atom. The van der Waals surface area contributed by atoms with Crippen LogP contribution in [-0.2, 0) is 16.0 Å². The van der Waals surface area contributed by atoms with E-state index in [1.807, 2.05) is 112 Å². The molecule has 190 valence electrons. The molecule has 0 fully saturated rings. The minimum absolute atomic E-state index is 0. The number of benzene rings is 3. The molecule has 3 rings (SSSR count). The van der Waals surface area contributed by atoms with E-state index in [1.165, 1.54) is 4.90 Å². The highest BCUT2D eigenvalue weighted by Crippen LogP contribution is 2.25. The predicted octanol–water partition coefficient (Wildman–Crippen LogP) is 6.83. The van der Waals surface area contributed by atoms with Crippen molar-refractivity contribution < 1.29 is 19.4 Å². The Kier molecular flexibility index (Phi) is 11.4. The van der Waals surface area contributed by atoms with Crippen molar-refractivity contribution in [1.29, 1.82) is 0 Å². The summed E-state index contributed by atoms with van der Waals surface area (Å²) in [5.41, 5.74) is 8.88. The summed E-state index contributed by atoms with van der Waals surface area (Å²) in [4.78, 5) is 25.0. The normalized spacial score (nSPS) is 10.9. The topological polar surface area (TPSA) is 92.9 Å². The quantitative estimate of drug-likeness (QED) is 0.344. The van der Waals surface area contributed by atoms with E-state index >= 15 is 0 Å². The number of carbonyl (C=O) groups excluding carboxylic acids is 1. The number of anilines is 2. The first kappa shape index (κ1) is 28.3. The first-order valence-corrected chi connectivity index (χ1v) is 12.0. The molecule has 6 nitrogen and oxygen atoms in total. The van der Waals surface area contributed by atoms with E-state index in [-0.39, 0.29) is 18.6 Å². The Labute approximate surface area is 214 Å². The van der Waals surface area contributed by atoms with Crippen LogP contribution in [0.25, 0.3) is 6.08 Å². The Balaban J connectivity index is 0.000000830. The van der Waals surface area contributed by atoms with Gasteiger partial charge in [0, 0.05) is 12.0 Å². The summed E-state index contributed by atoms with van der Waals surface area (Å²) in [5, 5.41) is 8.76. The molecular formula is C30H36N2O4. The van der Waals surface area contributed by atoms with Crippen LogP contribution in [0.1, 0.15) is 44.7 Å². The van der Waals surface area contributed by atoms with Gasteiger partial charge in [-0.1, -0.05) is 66.7 Å². The third kappa shape index (κ3) is 11.5. The number of nitrogens with two attached hydrogens (primary N) is 1.